The summed E-state index contributed by atoms with van der Waals surface area (Å²) in [6, 6.07) is 10.4. The van der Waals surface area contributed by atoms with Crippen LogP contribution in [0.25, 0.3) is 0 Å². The zero-order valence-corrected chi connectivity index (χ0v) is 12.5. The van der Waals surface area contributed by atoms with Crippen LogP contribution in [0.1, 0.15) is 44.6 Å². The summed E-state index contributed by atoms with van der Waals surface area (Å²) in [6.45, 7) is 4.95. The quantitative estimate of drug-likeness (QED) is 0.803. The molecular formula is C17H26N2O. The van der Waals surface area contributed by atoms with Crippen LogP contribution < -0.4 is 11.1 Å². The van der Waals surface area contributed by atoms with Crippen molar-refractivity contribution in [1.82, 2.24) is 5.32 Å². The van der Waals surface area contributed by atoms with Crippen molar-refractivity contribution in [3.05, 3.63) is 35.9 Å². The molecule has 1 aliphatic rings. The SMILES string of the molecule is CC(C)C(CC(=O)NCC(N)C1CC1)c1ccccc1. The second-order valence-corrected chi connectivity index (χ2v) is 6.27. The lowest BCUT2D eigenvalue weighted by atomic mass is 9.85. The standard InChI is InChI=1S/C17H26N2O/c1-12(2)15(13-6-4-3-5-7-13)10-17(20)19-11-16(18)14-8-9-14/h3-7,12,14-16H,8-11,18H2,1-2H3,(H,19,20). The van der Waals surface area contributed by atoms with Crippen LogP contribution in [0.3, 0.4) is 0 Å². The third-order valence-electron chi connectivity index (χ3n) is 4.20. The first-order chi connectivity index (χ1) is 9.58. The lowest BCUT2D eigenvalue weighted by molar-refractivity contribution is -0.121. The van der Waals surface area contributed by atoms with Gasteiger partial charge in [0.2, 0.25) is 5.91 Å². The van der Waals surface area contributed by atoms with Gasteiger partial charge in [0.1, 0.15) is 0 Å². The molecule has 3 heteroatoms. The first-order valence-corrected chi connectivity index (χ1v) is 7.65. The normalized spacial score (nSPS) is 17.8. The summed E-state index contributed by atoms with van der Waals surface area (Å²) in [5.74, 6) is 1.46. The predicted molar refractivity (Wildman–Crippen MR) is 82.3 cm³/mol. The van der Waals surface area contributed by atoms with Crippen LogP contribution in [0.4, 0.5) is 0 Å². The maximum Gasteiger partial charge on any atom is 0.220 e. The second-order valence-electron chi connectivity index (χ2n) is 6.27. The van der Waals surface area contributed by atoms with Gasteiger partial charge in [0, 0.05) is 19.0 Å². The molecule has 20 heavy (non-hydrogen) atoms. The van der Waals surface area contributed by atoms with Crippen LogP contribution >= 0.6 is 0 Å². The summed E-state index contributed by atoms with van der Waals surface area (Å²) in [4.78, 5) is 12.1. The molecule has 1 aliphatic carbocycles. The van der Waals surface area contributed by atoms with E-state index >= 15 is 0 Å². The average Bonchev–Trinajstić information content (AvgIpc) is 3.27. The van der Waals surface area contributed by atoms with E-state index < -0.39 is 0 Å². The maximum atomic E-state index is 12.1. The van der Waals surface area contributed by atoms with Crippen molar-refractivity contribution in [2.45, 2.75) is 45.1 Å². The molecule has 3 N–H and O–H groups in total. The van der Waals surface area contributed by atoms with Crippen LogP contribution in [0.15, 0.2) is 30.3 Å². The van der Waals surface area contributed by atoms with E-state index in [4.69, 9.17) is 5.73 Å². The molecule has 110 valence electrons. The molecule has 1 amide bonds. The molecule has 2 rings (SSSR count). The number of hydrogen-bond acceptors (Lipinski definition) is 2. The minimum Gasteiger partial charge on any atom is -0.355 e. The molecule has 0 heterocycles. The molecule has 0 bridgehead atoms. The van der Waals surface area contributed by atoms with Gasteiger partial charge >= 0.3 is 0 Å². The molecule has 1 aromatic carbocycles. The van der Waals surface area contributed by atoms with Crippen molar-refractivity contribution in [3.8, 4) is 0 Å². The molecule has 0 radical (unpaired) electrons. The lowest BCUT2D eigenvalue weighted by Crippen LogP contribution is -2.39. The highest BCUT2D eigenvalue weighted by atomic mass is 16.1. The van der Waals surface area contributed by atoms with Gasteiger partial charge in [-0.05, 0) is 36.2 Å². The largest absolute Gasteiger partial charge is 0.355 e. The van der Waals surface area contributed by atoms with Crippen molar-refractivity contribution in [1.29, 1.82) is 0 Å². The first-order valence-electron chi connectivity index (χ1n) is 7.65. The van der Waals surface area contributed by atoms with Crippen LogP contribution in [0.2, 0.25) is 0 Å². The average molecular weight is 274 g/mol. The summed E-state index contributed by atoms with van der Waals surface area (Å²) in [6.07, 6.45) is 2.98. The van der Waals surface area contributed by atoms with E-state index in [0.29, 0.717) is 24.8 Å². The Morgan fingerprint density at radius 2 is 1.95 bits per heavy atom. The highest BCUT2D eigenvalue weighted by Gasteiger charge is 2.28. The fourth-order valence-corrected chi connectivity index (χ4v) is 2.63. The smallest absolute Gasteiger partial charge is 0.220 e. The van der Waals surface area contributed by atoms with Gasteiger partial charge in [0.05, 0.1) is 0 Å². The van der Waals surface area contributed by atoms with Crippen LogP contribution in [-0.2, 0) is 4.79 Å². The number of carbonyl (C=O) groups is 1. The van der Waals surface area contributed by atoms with Gasteiger partial charge in [0.25, 0.3) is 0 Å². The van der Waals surface area contributed by atoms with Gasteiger partial charge in [-0.25, -0.2) is 0 Å². The molecule has 1 aromatic rings. The van der Waals surface area contributed by atoms with E-state index in [1.165, 1.54) is 18.4 Å². The Labute approximate surface area is 121 Å². The second kappa shape index (κ2) is 6.89. The van der Waals surface area contributed by atoms with Crippen LogP contribution in [-0.4, -0.2) is 18.5 Å². The number of carbonyl (C=O) groups excluding carboxylic acids is 1. The first kappa shape index (κ1) is 15.0. The number of nitrogens with one attached hydrogen (secondary N) is 1. The maximum absolute atomic E-state index is 12.1. The molecule has 3 nitrogen and oxygen atoms in total. The van der Waals surface area contributed by atoms with Crippen molar-refractivity contribution in [2.75, 3.05) is 6.54 Å². The molecule has 0 aromatic heterocycles. The van der Waals surface area contributed by atoms with Gasteiger partial charge < -0.3 is 11.1 Å². The topological polar surface area (TPSA) is 55.1 Å². The van der Waals surface area contributed by atoms with E-state index in [0.717, 1.165) is 0 Å². The Morgan fingerprint density at radius 1 is 1.30 bits per heavy atom. The molecule has 2 unspecified atom stereocenters. The van der Waals surface area contributed by atoms with Crippen molar-refractivity contribution < 1.29 is 4.79 Å². The molecular weight excluding hydrogens is 248 g/mol. The number of nitrogens with two attached hydrogens (primary N) is 1. The van der Waals surface area contributed by atoms with Crippen molar-refractivity contribution >= 4 is 5.91 Å². The van der Waals surface area contributed by atoms with Crippen LogP contribution in [0, 0.1) is 11.8 Å². The zero-order chi connectivity index (χ0) is 14.5. The third-order valence-corrected chi connectivity index (χ3v) is 4.20. The Bertz CT molecular complexity index is 426. The summed E-state index contributed by atoms with van der Waals surface area (Å²) < 4.78 is 0. The molecule has 0 saturated heterocycles. The number of benzene rings is 1. The highest BCUT2D eigenvalue weighted by molar-refractivity contribution is 5.77. The Morgan fingerprint density at radius 3 is 2.50 bits per heavy atom. The van der Waals surface area contributed by atoms with Gasteiger partial charge in [-0.1, -0.05) is 44.2 Å². The molecule has 0 spiro atoms. The lowest BCUT2D eigenvalue weighted by Gasteiger charge is -2.21. The molecule has 2 atom stereocenters. The fourth-order valence-electron chi connectivity index (χ4n) is 2.63. The minimum absolute atomic E-state index is 0.114. The summed E-state index contributed by atoms with van der Waals surface area (Å²) in [5, 5.41) is 2.99. The molecule has 1 saturated carbocycles. The Hall–Kier alpha value is -1.35. The van der Waals surface area contributed by atoms with Crippen molar-refractivity contribution in [3.63, 3.8) is 0 Å². The summed E-state index contributed by atoms with van der Waals surface area (Å²) >= 11 is 0. The van der Waals surface area contributed by atoms with E-state index in [2.05, 4.69) is 31.3 Å². The number of amides is 1. The van der Waals surface area contributed by atoms with Gasteiger partial charge in [-0.15, -0.1) is 0 Å². The fraction of sp³-hybridized carbons (Fsp3) is 0.588. The highest BCUT2D eigenvalue weighted by Crippen LogP contribution is 2.31. The summed E-state index contributed by atoms with van der Waals surface area (Å²) in [5.41, 5.74) is 7.25. The minimum atomic E-state index is 0.114. The van der Waals surface area contributed by atoms with Gasteiger partial charge in [-0.3, -0.25) is 4.79 Å². The van der Waals surface area contributed by atoms with E-state index in [1.54, 1.807) is 0 Å². The monoisotopic (exact) mass is 274 g/mol. The Kier molecular flexibility index (Phi) is 5.18. The van der Waals surface area contributed by atoms with E-state index in [9.17, 15) is 4.79 Å². The summed E-state index contributed by atoms with van der Waals surface area (Å²) in [7, 11) is 0. The molecule has 0 aliphatic heterocycles. The van der Waals surface area contributed by atoms with Gasteiger partial charge in [0.15, 0.2) is 0 Å². The third kappa shape index (κ3) is 4.34. The Balaban J connectivity index is 1.86. The number of hydrogen-bond donors (Lipinski definition) is 2. The van der Waals surface area contributed by atoms with E-state index in [-0.39, 0.29) is 17.9 Å². The van der Waals surface area contributed by atoms with E-state index in [1.807, 2.05) is 18.2 Å². The predicted octanol–water partition coefficient (Wildman–Crippen LogP) is 2.67. The van der Waals surface area contributed by atoms with Gasteiger partial charge in [-0.2, -0.15) is 0 Å². The van der Waals surface area contributed by atoms with Crippen LogP contribution in [0.5, 0.6) is 0 Å². The van der Waals surface area contributed by atoms with Crippen molar-refractivity contribution in [2.24, 2.45) is 17.6 Å². The zero-order valence-electron chi connectivity index (χ0n) is 12.5. The molecule has 1 fully saturated rings. The number of rotatable bonds is 7.